The number of rotatable bonds is 8. The molecule has 1 aromatic carbocycles. The number of urea groups is 1. The third-order valence-electron chi connectivity index (χ3n) is 5.67. The van der Waals surface area contributed by atoms with Crippen LogP contribution in [0.15, 0.2) is 12.1 Å². The van der Waals surface area contributed by atoms with Crippen molar-refractivity contribution in [2.24, 2.45) is 0 Å². The Kier molecular flexibility index (Phi) is 8.75. The quantitative estimate of drug-likeness (QED) is 0.472. The van der Waals surface area contributed by atoms with Gasteiger partial charge in [-0.05, 0) is 31.9 Å². The van der Waals surface area contributed by atoms with E-state index in [-0.39, 0.29) is 59.5 Å². The second kappa shape index (κ2) is 11.6. The number of hydrogen-bond acceptors (Lipinski definition) is 7. The highest BCUT2D eigenvalue weighted by molar-refractivity contribution is 6.37. The number of benzene rings is 1. The monoisotopic (exact) mass is 541 g/mol. The fourth-order valence-electron chi connectivity index (χ4n) is 4.01. The molecule has 0 spiro atoms. The zero-order chi connectivity index (χ0) is 26.6. The zero-order valence-electron chi connectivity index (χ0n) is 19.6. The van der Waals surface area contributed by atoms with Crippen LogP contribution in [-0.4, -0.2) is 83.1 Å². The molecule has 2 atom stereocenters. The number of halogens is 2. The van der Waals surface area contributed by atoms with E-state index in [1.807, 2.05) is 0 Å². The van der Waals surface area contributed by atoms with Gasteiger partial charge in [-0.25, -0.2) is 19.8 Å². The highest BCUT2D eigenvalue weighted by Crippen LogP contribution is 2.34. The van der Waals surface area contributed by atoms with E-state index in [0.29, 0.717) is 12.7 Å². The number of nitrogens with one attached hydrogen (secondary N) is 2. The molecule has 0 radical (unpaired) electrons. The van der Waals surface area contributed by atoms with Crippen molar-refractivity contribution >= 4 is 59.0 Å². The first-order valence-corrected chi connectivity index (χ1v) is 11.8. The molecule has 194 valence electrons. The summed E-state index contributed by atoms with van der Waals surface area (Å²) < 4.78 is 5.07. The zero-order valence-corrected chi connectivity index (χ0v) is 21.1. The number of nitrogens with zero attached hydrogens (tertiary/aromatic N) is 3. The van der Waals surface area contributed by atoms with Gasteiger partial charge in [0, 0.05) is 24.9 Å². The maximum absolute atomic E-state index is 13.4. The predicted molar refractivity (Wildman–Crippen MR) is 127 cm³/mol. The average Bonchev–Trinajstić information content (AvgIpc) is 2.95. The van der Waals surface area contributed by atoms with Gasteiger partial charge < -0.3 is 14.8 Å². The number of amides is 5. The lowest BCUT2D eigenvalue weighted by Crippen LogP contribution is -2.64. The molecule has 0 aromatic heterocycles. The van der Waals surface area contributed by atoms with E-state index in [9.17, 15) is 28.8 Å². The van der Waals surface area contributed by atoms with Gasteiger partial charge in [0.1, 0.15) is 18.1 Å². The van der Waals surface area contributed by atoms with Gasteiger partial charge in [-0.15, -0.1) is 0 Å². The number of hydrazine groups is 2. The molecule has 2 fully saturated rings. The van der Waals surface area contributed by atoms with Crippen LogP contribution >= 0.6 is 23.2 Å². The summed E-state index contributed by atoms with van der Waals surface area (Å²) in [4.78, 5) is 74.8. The van der Waals surface area contributed by atoms with Crippen molar-refractivity contribution in [3.63, 3.8) is 0 Å². The van der Waals surface area contributed by atoms with Crippen LogP contribution in [0.1, 0.15) is 43.0 Å². The lowest BCUT2D eigenvalue weighted by molar-refractivity contribution is -0.155. The fourth-order valence-corrected chi connectivity index (χ4v) is 4.65. The molecule has 2 aliphatic heterocycles. The summed E-state index contributed by atoms with van der Waals surface area (Å²) >= 11 is 12.2. The summed E-state index contributed by atoms with van der Waals surface area (Å²) in [5.41, 5.74) is 2.48. The minimum Gasteiger partial charge on any atom is -0.494 e. The maximum atomic E-state index is 13.4. The van der Waals surface area contributed by atoms with Gasteiger partial charge in [-0.2, -0.15) is 0 Å². The minimum absolute atomic E-state index is 0.0389. The minimum atomic E-state index is -1.13. The van der Waals surface area contributed by atoms with Gasteiger partial charge >= 0.3 is 6.03 Å². The van der Waals surface area contributed by atoms with Gasteiger partial charge in [0.05, 0.1) is 29.7 Å². The highest BCUT2D eigenvalue weighted by atomic mass is 35.5. The standard InChI is InChI=1S/C22H25Cl2N5O7/c1-12(31)8-14(11-30)25-21(34)17-4-3-6-28-18(32)5-7-27(22(35)29(17)28)26-20(33)13-9-15(23)19(36-2)16(24)10-13/h9-11,14,17H,3-8H2,1-2H3,(H,25,34)(H,26,33). The normalized spacial score (nSPS) is 18.7. The van der Waals surface area contributed by atoms with Crippen molar-refractivity contribution in [2.45, 2.75) is 44.7 Å². The summed E-state index contributed by atoms with van der Waals surface area (Å²) in [5, 5.41) is 5.71. The Morgan fingerprint density at radius 3 is 2.44 bits per heavy atom. The maximum Gasteiger partial charge on any atom is 0.358 e. The Morgan fingerprint density at radius 2 is 1.86 bits per heavy atom. The molecule has 14 heteroatoms. The SMILES string of the molecule is COc1c(Cl)cc(C(=O)NN2CCC(=O)N3CCCC(C(=O)NC(C=O)CC(C)=O)N3C2=O)cc1Cl. The predicted octanol–water partition coefficient (Wildman–Crippen LogP) is 1.34. The number of Topliss-reactive ketones (excluding diaryl/α,β-unsaturated/α-hetero) is 1. The lowest BCUT2D eigenvalue weighted by atomic mass is 10.1. The van der Waals surface area contributed by atoms with E-state index in [0.717, 1.165) is 10.0 Å². The number of hydrogen-bond donors (Lipinski definition) is 2. The average molecular weight is 542 g/mol. The number of carbonyl (C=O) groups excluding carboxylic acids is 6. The third kappa shape index (κ3) is 5.88. The molecule has 2 N–H and O–H groups in total. The molecule has 2 aliphatic rings. The molecule has 0 saturated carbocycles. The van der Waals surface area contributed by atoms with Crippen molar-refractivity contribution < 1.29 is 33.5 Å². The topological polar surface area (TPSA) is 145 Å². The van der Waals surface area contributed by atoms with E-state index in [1.165, 1.54) is 31.2 Å². The van der Waals surface area contributed by atoms with E-state index in [4.69, 9.17) is 27.9 Å². The summed E-state index contributed by atoms with van der Waals surface area (Å²) in [6.45, 7) is 1.33. The molecule has 0 bridgehead atoms. The number of ether oxygens (including phenoxy) is 1. The number of ketones is 1. The Labute approximate surface area is 216 Å². The third-order valence-corrected chi connectivity index (χ3v) is 6.23. The Hall–Kier alpha value is -3.38. The first-order chi connectivity index (χ1) is 17.1. The number of fused-ring (bicyclic) bond motifs is 1. The van der Waals surface area contributed by atoms with Crippen LogP contribution in [0.4, 0.5) is 4.79 Å². The summed E-state index contributed by atoms with van der Waals surface area (Å²) in [6, 6.07) is -0.385. The number of aldehydes is 1. The number of carbonyl (C=O) groups is 6. The van der Waals surface area contributed by atoms with Crippen molar-refractivity contribution in [3.8, 4) is 5.75 Å². The van der Waals surface area contributed by atoms with Crippen molar-refractivity contribution in [1.29, 1.82) is 0 Å². The molecule has 0 aliphatic carbocycles. The van der Waals surface area contributed by atoms with Crippen LogP contribution in [0.2, 0.25) is 10.0 Å². The first kappa shape index (κ1) is 27.2. The van der Waals surface area contributed by atoms with Crippen LogP contribution in [0.25, 0.3) is 0 Å². The van der Waals surface area contributed by atoms with Gasteiger partial charge in [0.15, 0.2) is 5.75 Å². The smallest absolute Gasteiger partial charge is 0.358 e. The van der Waals surface area contributed by atoms with E-state index < -0.39 is 35.8 Å². The van der Waals surface area contributed by atoms with Crippen LogP contribution in [0.5, 0.6) is 5.75 Å². The summed E-state index contributed by atoms with van der Waals surface area (Å²) in [5.74, 6) is -1.95. The van der Waals surface area contributed by atoms with Crippen molar-refractivity contribution in [2.75, 3.05) is 20.2 Å². The van der Waals surface area contributed by atoms with Gasteiger partial charge in [0.2, 0.25) is 11.8 Å². The summed E-state index contributed by atoms with van der Waals surface area (Å²) in [6.07, 6.45) is 0.767. The van der Waals surface area contributed by atoms with Gasteiger partial charge in [-0.3, -0.25) is 24.6 Å². The molecule has 36 heavy (non-hydrogen) atoms. The van der Waals surface area contributed by atoms with Crippen LogP contribution in [0.3, 0.4) is 0 Å². The van der Waals surface area contributed by atoms with E-state index in [2.05, 4.69) is 10.7 Å². The largest absolute Gasteiger partial charge is 0.494 e. The van der Waals surface area contributed by atoms with E-state index in [1.54, 1.807) is 0 Å². The second-order valence-electron chi connectivity index (χ2n) is 8.28. The molecule has 5 amide bonds. The molecular weight excluding hydrogens is 517 g/mol. The molecule has 12 nitrogen and oxygen atoms in total. The molecule has 2 heterocycles. The van der Waals surface area contributed by atoms with Crippen molar-refractivity contribution in [3.05, 3.63) is 27.7 Å². The number of methoxy groups -OCH3 is 1. The molecule has 1 aromatic rings. The fraction of sp³-hybridized carbons (Fsp3) is 0.455. The molecule has 2 unspecified atom stereocenters. The second-order valence-corrected chi connectivity index (χ2v) is 9.09. The van der Waals surface area contributed by atoms with Crippen LogP contribution in [0, 0.1) is 0 Å². The van der Waals surface area contributed by atoms with Gasteiger partial charge in [0.25, 0.3) is 5.91 Å². The Morgan fingerprint density at radius 1 is 1.19 bits per heavy atom. The Bertz CT molecular complexity index is 1080. The van der Waals surface area contributed by atoms with E-state index >= 15 is 0 Å². The van der Waals surface area contributed by atoms with Gasteiger partial charge in [-0.1, -0.05) is 23.2 Å². The molecular formula is C22H25Cl2N5O7. The highest BCUT2D eigenvalue weighted by Gasteiger charge is 2.44. The first-order valence-electron chi connectivity index (χ1n) is 11.1. The Balaban J connectivity index is 1.83. The summed E-state index contributed by atoms with van der Waals surface area (Å²) in [7, 11) is 1.37. The van der Waals surface area contributed by atoms with Crippen LogP contribution in [-0.2, 0) is 19.2 Å². The van der Waals surface area contributed by atoms with Crippen LogP contribution < -0.4 is 15.5 Å². The molecule has 2 saturated heterocycles. The van der Waals surface area contributed by atoms with Crippen molar-refractivity contribution in [1.82, 2.24) is 25.8 Å². The molecule has 3 rings (SSSR count). The lowest BCUT2D eigenvalue weighted by Gasteiger charge is -2.43.